The number of carbonyl (C=O) groups excluding carboxylic acids is 2. The van der Waals surface area contributed by atoms with Crippen LogP contribution < -0.4 is 0 Å². The Kier molecular flexibility index (Phi) is 39.5. The van der Waals surface area contributed by atoms with Crippen LogP contribution in [0, 0.1) is 0 Å². The van der Waals surface area contributed by atoms with Crippen molar-refractivity contribution in [3.8, 4) is 0 Å². The average Bonchev–Trinajstić information content (AvgIpc) is 3.11. The molecule has 0 aliphatic heterocycles. The molecular formula is C45H80O5. The van der Waals surface area contributed by atoms with Gasteiger partial charge >= 0.3 is 11.9 Å². The lowest BCUT2D eigenvalue weighted by Crippen LogP contribution is -2.30. The van der Waals surface area contributed by atoms with Gasteiger partial charge in [0, 0.05) is 19.4 Å². The summed E-state index contributed by atoms with van der Waals surface area (Å²) in [5, 5.41) is 0. The molecule has 0 saturated heterocycles. The number of rotatable bonds is 38. The van der Waals surface area contributed by atoms with Crippen molar-refractivity contribution in [3.05, 3.63) is 48.6 Å². The number of carbonyl (C=O) groups is 2. The zero-order valence-corrected chi connectivity index (χ0v) is 33.2. The van der Waals surface area contributed by atoms with Crippen molar-refractivity contribution in [1.82, 2.24) is 0 Å². The highest BCUT2D eigenvalue weighted by molar-refractivity contribution is 5.70. The van der Waals surface area contributed by atoms with Gasteiger partial charge in [-0.15, -0.1) is 0 Å². The summed E-state index contributed by atoms with van der Waals surface area (Å²) in [7, 11) is 0. The Morgan fingerprint density at radius 3 is 1.42 bits per heavy atom. The van der Waals surface area contributed by atoms with Crippen LogP contribution in [-0.4, -0.2) is 37.9 Å². The summed E-state index contributed by atoms with van der Waals surface area (Å²) in [6.45, 7) is 7.60. The van der Waals surface area contributed by atoms with Crippen molar-refractivity contribution in [3.63, 3.8) is 0 Å². The lowest BCUT2D eigenvalue weighted by atomic mass is 10.1. The third kappa shape index (κ3) is 38.7. The SMILES string of the molecule is CC/C=C\C/C=C\C/C=C\C/C=C\CCCCCOCC(COC(=O)CCCCCCCCCCCCC)OC(=O)CCCCCCCCC. The van der Waals surface area contributed by atoms with Crippen LogP contribution in [0.1, 0.15) is 201 Å². The second kappa shape index (κ2) is 41.3. The van der Waals surface area contributed by atoms with Gasteiger partial charge in [-0.3, -0.25) is 9.59 Å². The smallest absolute Gasteiger partial charge is 0.306 e. The third-order valence-electron chi connectivity index (χ3n) is 8.88. The van der Waals surface area contributed by atoms with Crippen LogP contribution in [0.15, 0.2) is 48.6 Å². The van der Waals surface area contributed by atoms with Crippen molar-refractivity contribution < 1.29 is 23.8 Å². The van der Waals surface area contributed by atoms with E-state index < -0.39 is 6.10 Å². The zero-order valence-electron chi connectivity index (χ0n) is 33.2. The molecule has 0 amide bonds. The van der Waals surface area contributed by atoms with Crippen LogP contribution in [-0.2, 0) is 23.8 Å². The molecule has 0 saturated carbocycles. The first-order valence-electron chi connectivity index (χ1n) is 21.2. The minimum atomic E-state index is -0.544. The second-order valence-corrected chi connectivity index (χ2v) is 13.9. The Balaban J connectivity index is 4.23. The van der Waals surface area contributed by atoms with Gasteiger partial charge in [-0.05, 0) is 57.8 Å². The van der Waals surface area contributed by atoms with Crippen molar-refractivity contribution in [2.24, 2.45) is 0 Å². The van der Waals surface area contributed by atoms with Crippen molar-refractivity contribution in [1.29, 1.82) is 0 Å². The summed E-state index contributed by atoms with van der Waals surface area (Å²) in [6.07, 6.45) is 48.3. The first-order chi connectivity index (χ1) is 24.6. The fourth-order valence-corrected chi connectivity index (χ4v) is 5.73. The second-order valence-electron chi connectivity index (χ2n) is 13.9. The molecular weight excluding hydrogens is 620 g/mol. The molecule has 0 aromatic carbocycles. The van der Waals surface area contributed by atoms with Crippen molar-refractivity contribution in [2.45, 2.75) is 207 Å². The summed E-state index contributed by atoms with van der Waals surface area (Å²) in [5.41, 5.74) is 0. The largest absolute Gasteiger partial charge is 0.462 e. The molecule has 1 atom stereocenters. The van der Waals surface area contributed by atoms with Crippen LogP contribution in [0.5, 0.6) is 0 Å². The van der Waals surface area contributed by atoms with E-state index in [-0.39, 0.29) is 25.2 Å². The highest BCUT2D eigenvalue weighted by Gasteiger charge is 2.17. The molecule has 0 bridgehead atoms. The molecule has 0 aliphatic carbocycles. The van der Waals surface area contributed by atoms with E-state index in [2.05, 4.69) is 69.4 Å². The number of esters is 2. The van der Waals surface area contributed by atoms with Gasteiger partial charge in [0.1, 0.15) is 6.61 Å². The van der Waals surface area contributed by atoms with Gasteiger partial charge < -0.3 is 14.2 Å². The van der Waals surface area contributed by atoms with Crippen molar-refractivity contribution >= 4 is 11.9 Å². The Morgan fingerprint density at radius 2 is 0.900 bits per heavy atom. The van der Waals surface area contributed by atoms with Crippen LogP contribution in [0.2, 0.25) is 0 Å². The summed E-state index contributed by atoms with van der Waals surface area (Å²) in [5.74, 6) is -0.420. The van der Waals surface area contributed by atoms with E-state index in [9.17, 15) is 9.59 Å². The van der Waals surface area contributed by atoms with Gasteiger partial charge in [-0.2, -0.15) is 0 Å². The molecule has 0 fully saturated rings. The minimum Gasteiger partial charge on any atom is -0.462 e. The molecule has 0 rings (SSSR count). The molecule has 50 heavy (non-hydrogen) atoms. The van der Waals surface area contributed by atoms with E-state index in [0.717, 1.165) is 77.0 Å². The Labute approximate surface area is 310 Å². The molecule has 290 valence electrons. The van der Waals surface area contributed by atoms with Gasteiger partial charge in [0.25, 0.3) is 0 Å². The number of hydrogen-bond donors (Lipinski definition) is 0. The van der Waals surface area contributed by atoms with Crippen molar-refractivity contribution in [2.75, 3.05) is 19.8 Å². The Bertz CT molecular complexity index is 842. The van der Waals surface area contributed by atoms with Gasteiger partial charge in [-0.25, -0.2) is 0 Å². The molecule has 5 heteroatoms. The monoisotopic (exact) mass is 701 g/mol. The fraction of sp³-hybridized carbons (Fsp3) is 0.778. The predicted molar refractivity (Wildman–Crippen MR) is 215 cm³/mol. The number of ether oxygens (including phenoxy) is 3. The topological polar surface area (TPSA) is 61.8 Å². The highest BCUT2D eigenvalue weighted by atomic mass is 16.6. The molecule has 0 aromatic rings. The average molecular weight is 701 g/mol. The number of allylic oxidation sites excluding steroid dienone is 8. The maximum atomic E-state index is 12.6. The maximum Gasteiger partial charge on any atom is 0.306 e. The minimum absolute atomic E-state index is 0.0749. The van der Waals surface area contributed by atoms with E-state index in [4.69, 9.17) is 14.2 Å². The number of hydrogen-bond acceptors (Lipinski definition) is 5. The number of unbranched alkanes of at least 4 members (excludes halogenated alkanes) is 19. The first kappa shape index (κ1) is 47.9. The normalized spacial score (nSPS) is 12.6. The fourth-order valence-electron chi connectivity index (χ4n) is 5.73. The van der Waals surface area contributed by atoms with Gasteiger partial charge in [-0.1, -0.05) is 179 Å². The van der Waals surface area contributed by atoms with Gasteiger partial charge in [0.05, 0.1) is 6.61 Å². The quantitative estimate of drug-likeness (QED) is 0.0364. The third-order valence-corrected chi connectivity index (χ3v) is 8.88. The Morgan fingerprint density at radius 1 is 0.460 bits per heavy atom. The molecule has 0 N–H and O–H groups in total. The summed E-state index contributed by atoms with van der Waals surface area (Å²) in [6, 6.07) is 0. The summed E-state index contributed by atoms with van der Waals surface area (Å²) in [4.78, 5) is 25.0. The van der Waals surface area contributed by atoms with E-state index in [0.29, 0.717) is 19.4 Å². The molecule has 0 heterocycles. The zero-order chi connectivity index (χ0) is 36.4. The summed E-state index contributed by atoms with van der Waals surface area (Å²) >= 11 is 0. The lowest BCUT2D eigenvalue weighted by molar-refractivity contribution is -0.163. The standard InChI is InChI=1S/C45H80O5/c1-4-7-10-13-16-18-20-21-22-23-24-26-28-31-34-37-40-48-41-43(50-45(47)39-36-33-29-15-12-9-6-3)42-49-44(46)38-35-32-30-27-25-19-17-14-11-8-5-2/h7,10,16,18,21-22,24,26,43H,4-6,8-9,11-15,17,19-20,23,25,27-42H2,1-3H3/b10-7-,18-16-,22-21-,26-24-. The molecule has 5 nitrogen and oxygen atoms in total. The van der Waals surface area contributed by atoms with Gasteiger partial charge in [0.2, 0.25) is 0 Å². The molecule has 0 aromatic heterocycles. The van der Waals surface area contributed by atoms with Crippen LogP contribution >= 0.6 is 0 Å². The Hall–Kier alpha value is -2.14. The molecule has 0 radical (unpaired) electrons. The van der Waals surface area contributed by atoms with Crippen LogP contribution in [0.25, 0.3) is 0 Å². The van der Waals surface area contributed by atoms with Crippen LogP contribution in [0.4, 0.5) is 0 Å². The maximum absolute atomic E-state index is 12.6. The predicted octanol–water partition coefficient (Wildman–Crippen LogP) is 13.7. The summed E-state index contributed by atoms with van der Waals surface area (Å²) < 4.78 is 17.2. The van der Waals surface area contributed by atoms with Gasteiger partial charge in [0.15, 0.2) is 6.10 Å². The first-order valence-corrected chi connectivity index (χ1v) is 21.2. The molecule has 1 unspecified atom stereocenters. The van der Waals surface area contributed by atoms with E-state index in [1.165, 1.54) is 89.9 Å². The highest BCUT2D eigenvalue weighted by Crippen LogP contribution is 2.13. The molecule has 0 aliphatic rings. The van der Waals surface area contributed by atoms with E-state index >= 15 is 0 Å². The van der Waals surface area contributed by atoms with E-state index in [1.54, 1.807) is 0 Å². The van der Waals surface area contributed by atoms with Crippen LogP contribution in [0.3, 0.4) is 0 Å². The molecule has 0 spiro atoms. The van der Waals surface area contributed by atoms with E-state index in [1.807, 2.05) is 0 Å². The lowest BCUT2D eigenvalue weighted by Gasteiger charge is -2.18.